The van der Waals surface area contributed by atoms with Gasteiger partial charge < -0.3 is 15.5 Å². The van der Waals surface area contributed by atoms with E-state index in [0.29, 0.717) is 0 Å². The number of hydrogen-bond acceptors (Lipinski definition) is 3. The number of para-hydroxylation sites is 1. The standard InChI is InChI=1S/C16H28ClN3/c1-5-20(11-7-10-19(3)4)16-14(12-13(2)18)8-6-9-15(16)17/h6,8-9,13H,5,7,10-12,18H2,1-4H3. The summed E-state index contributed by atoms with van der Waals surface area (Å²) in [5, 5.41) is 0.829. The fourth-order valence-electron chi connectivity index (χ4n) is 2.43. The third kappa shape index (κ3) is 5.31. The van der Waals surface area contributed by atoms with Gasteiger partial charge in [0.1, 0.15) is 0 Å². The van der Waals surface area contributed by atoms with E-state index in [1.54, 1.807) is 0 Å². The summed E-state index contributed by atoms with van der Waals surface area (Å²) < 4.78 is 0. The quantitative estimate of drug-likeness (QED) is 0.800. The van der Waals surface area contributed by atoms with Gasteiger partial charge in [-0.25, -0.2) is 0 Å². The molecule has 2 N–H and O–H groups in total. The van der Waals surface area contributed by atoms with Crippen molar-refractivity contribution in [3.05, 3.63) is 28.8 Å². The van der Waals surface area contributed by atoms with E-state index >= 15 is 0 Å². The van der Waals surface area contributed by atoms with Gasteiger partial charge in [0, 0.05) is 19.1 Å². The van der Waals surface area contributed by atoms with Gasteiger partial charge in [-0.15, -0.1) is 0 Å². The average molecular weight is 298 g/mol. The van der Waals surface area contributed by atoms with Crippen molar-refractivity contribution in [1.82, 2.24) is 4.90 Å². The van der Waals surface area contributed by atoms with E-state index in [2.05, 4.69) is 36.9 Å². The van der Waals surface area contributed by atoms with Crippen LogP contribution in [0.25, 0.3) is 0 Å². The lowest BCUT2D eigenvalue weighted by molar-refractivity contribution is 0.400. The Kier molecular flexibility index (Phi) is 7.35. The molecule has 114 valence electrons. The molecular formula is C16H28ClN3. The number of rotatable bonds is 8. The van der Waals surface area contributed by atoms with Crippen molar-refractivity contribution in [2.24, 2.45) is 5.73 Å². The highest BCUT2D eigenvalue weighted by Crippen LogP contribution is 2.30. The highest BCUT2D eigenvalue weighted by Gasteiger charge is 2.14. The molecule has 0 bridgehead atoms. The maximum absolute atomic E-state index is 6.43. The second kappa shape index (κ2) is 8.50. The second-order valence-electron chi connectivity index (χ2n) is 5.67. The Balaban J connectivity index is 2.89. The lowest BCUT2D eigenvalue weighted by Crippen LogP contribution is -2.29. The monoisotopic (exact) mass is 297 g/mol. The second-order valence-corrected chi connectivity index (χ2v) is 6.07. The first-order chi connectivity index (χ1) is 9.45. The topological polar surface area (TPSA) is 32.5 Å². The molecule has 0 aromatic heterocycles. The Morgan fingerprint density at radius 3 is 2.50 bits per heavy atom. The molecule has 0 aliphatic rings. The van der Waals surface area contributed by atoms with Crippen molar-refractivity contribution in [1.29, 1.82) is 0 Å². The van der Waals surface area contributed by atoms with Crippen LogP contribution in [0.2, 0.25) is 5.02 Å². The van der Waals surface area contributed by atoms with Crippen LogP contribution in [0, 0.1) is 0 Å². The molecule has 20 heavy (non-hydrogen) atoms. The van der Waals surface area contributed by atoms with Crippen molar-refractivity contribution in [2.75, 3.05) is 38.6 Å². The first kappa shape index (κ1) is 17.3. The van der Waals surface area contributed by atoms with Crippen molar-refractivity contribution < 1.29 is 0 Å². The lowest BCUT2D eigenvalue weighted by atomic mass is 10.0. The van der Waals surface area contributed by atoms with E-state index in [0.717, 1.165) is 43.2 Å². The summed E-state index contributed by atoms with van der Waals surface area (Å²) in [5.74, 6) is 0. The molecule has 1 unspecified atom stereocenters. The summed E-state index contributed by atoms with van der Waals surface area (Å²) in [6, 6.07) is 6.26. The van der Waals surface area contributed by atoms with Crippen molar-refractivity contribution in [3.63, 3.8) is 0 Å². The van der Waals surface area contributed by atoms with E-state index < -0.39 is 0 Å². The Morgan fingerprint density at radius 1 is 1.25 bits per heavy atom. The highest BCUT2D eigenvalue weighted by molar-refractivity contribution is 6.33. The van der Waals surface area contributed by atoms with Crippen LogP contribution in [0.3, 0.4) is 0 Å². The highest BCUT2D eigenvalue weighted by atomic mass is 35.5. The van der Waals surface area contributed by atoms with Crippen LogP contribution in [0.1, 0.15) is 25.8 Å². The summed E-state index contributed by atoms with van der Waals surface area (Å²) in [5.41, 5.74) is 8.37. The number of hydrogen-bond donors (Lipinski definition) is 1. The van der Waals surface area contributed by atoms with Gasteiger partial charge >= 0.3 is 0 Å². The number of benzene rings is 1. The van der Waals surface area contributed by atoms with Crippen LogP contribution < -0.4 is 10.6 Å². The Hall–Kier alpha value is -0.770. The normalized spacial score (nSPS) is 12.8. The smallest absolute Gasteiger partial charge is 0.0642 e. The molecule has 0 radical (unpaired) electrons. The molecule has 3 nitrogen and oxygen atoms in total. The molecule has 0 aliphatic heterocycles. The minimum absolute atomic E-state index is 0.146. The number of halogens is 1. The molecule has 0 saturated carbocycles. The van der Waals surface area contributed by atoms with Gasteiger partial charge in [-0.1, -0.05) is 23.7 Å². The van der Waals surface area contributed by atoms with Gasteiger partial charge in [0.25, 0.3) is 0 Å². The molecule has 1 atom stereocenters. The zero-order valence-corrected chi connectivity index (χ0v) is 14.0. The number of anilines is 1. The minimum atomic E-state index is 0.146. The van der Waals surface area contributed by atoms with Gasteiger partial charge in [0.15, 0.2) is 0 Å². The lowest BCUT2D eigenvalue weighted by Gasteiger charge is -2.28. The summed E-state index contributed by atoms with van der Waals surface area (Å²) >= 11 is 6.43. The number of nitrogens with two attached hydrogens (primary N) is 1. The Bertz CT molecular complexity index is 405. The molecule has 0 spiro atoms. The van der Waals surface area contributed by atoms with Crippen LogP contribution in [0.5, 0.6) is 0 Å². The van der Waals surface area contributed by atoms with Crippen molar-refractivity contribution >= 4 is 17.3 Å². The fraction of sp³-hybridized carbons (Fsp3) is 0.625. The van der Waals surface area contributed by atoms with E-state index in [4.69, 9.17) is 17.3 Å². The van der Waals surface area contributed by atoms with E-state index in [1.807, 2.05) is 19.1 Å². The molecule has 1 rings (SSSR count). The van der Waals surface area contributed by atoms with E-state index in [1.165, 1.54) is 5.56 Å². The van der Waals surface area contributed by atoms with Crippen molar-refractivity contribution in [3.8, 4) is 0 Å². The predicted octanol–water partition coefficient (Wildman–Crippen LogP) is 3.01. The maximum atomic E-state index is 6.43. The van der Waals surface area contributed by atoms with Gasteiger partial charge in [-0.05, 0) is 59.0 Å². The molecular weight excluding hydrogens is 270 g/mol. The van der Waals surface area contributed by atoms with Gasteiger partial charge in [-0.2, -0.15) is 0 Å². The summed E-state index contributed by atoms with van der Waals surface area (Å²) in [7, 11) is 4.21. The molecule has 0 heterocycles. The average Bonchev–Trinajstić information content (AvgIpc) is 2.35. The maximum Gasteiger partial charge on any atom is 0.0642 e. The van der Waals surface area contributed by atoms with Gasteiger partial charge in [0.2, 0.25) is 0 Å². The van der Waals surface area contributed by atoms with Crippen LogP contribution in [0.15, 0.2) is 18.2 Å². The SMILES string of the molecule is CCN(CCCN(C)C)c1c(Cl)cccc1CC(C)N. The molecule has 0 amide bonds. The van der Waals surface area contributed by atoms with Crippen LogP contribution in [0.4, 0.5) is 5.69 Å². The van der Waals surface area contributed by atoms with Crippen LogP contribution >= 0.6 is 11.6 Å². The number of nitrogens with zero attached hydrogens (tertiary/aromatic N) is 2. The molecule has 0 aliphatic carbocycles. The minimum Gasteiger partial charge on any atom is -0.370 e. The largest absolute Gasteiger partial charge is 0.370 e. The van der Waals surface area contributed by atoms with Crippen LogP contribution in [-0.4, -0.2) is 44.7 Å². The predicted molar refractivity (Wildman–Crippen MR) is 89.9 cm³/mol. The molecule has 4 heteroatoms. The first-order valence-corrected chi connectivity index (χ1v) is 7.76. The van der Waals surface area contributed by atoms with E-state index in [9.17, 15) is 0 Å². The molecule has 1 aromatic rings. The Labute approximate surface area is 128 Å². The van der Waals surface area contributed by atoms with E-state index in [-0.39, 0.29) is 6.04 Å². The Morgan fingerprint density at radius 2 is 1.95 bits per heavy atom. The first-order valence-electron chi connectivity index (χ1n) is 7.38. The fourth-order valence-corrected chi connectivity index (χ4v) is 2.75. The third-order valence-corrected chi connectivity index (χ3v) is 3.65. The zero-order chi connectivity index (χ0) is 15.1. The molecule has 1 aromatic carbocycles. The third-order valence-electron chi connectivity index (χ3n) is 3.34. The summed E-state index contributed by atoms with van der Waals surface area (Å²) in [4.78, 5) is 4.58. The molecule has 0 saturated heterocycles. The van der Waals surface area contributed by atoms with Gasteiger partial charge in [-0.3, -0.25) is 0 Å². The zero-order valence-electron chi connectivity index (χ0n) is 13.2. The van der Waals surface area contributed by atoms with Crippen molar-refractivity contribution in [2.45, 2.75) is 32.7 Å². The summed E-state index contributed by atoms with van der Waals surface area (Å²) in [6.45, 7) is 7.28. The summed E-state index contributed by atoms with van der Waals surface area (Å²) in [6.07, 6.45) is 1.99. The van der Waals surface area contributed by atoms with Gasteiger partial charge in [0.05, 0.1) is 10.7 Å². The molecule has 0 fully saturated rings. The van der Waals surface area contributed by atoms with Crippen LogP contribution in [-0.2, 0) is 6.42 Å².